The van der Waals surface area contributed by atoms with E-state index in [0.29, 0.717) is 11.9 Å². The summed E-state index contributed by atoms with van der Waals surface area (Å²) in [5.41, 5.74) is 4.24. The van der Waals surface area contributed by atoms with E-state index in [1.807, 2.05) is 48.2 Å². The normalized spacial score (nSPS) is 17.3. The number of nitrogens with zero attached hydrogens (tertiary/aromatic N) is 6. The lowest BCUT2D eigenvalue weighted by Crippen LogP contribution is -2.34. The molecule has 1 aromatic carbocycles. The highest BCUT2D eigenvalue weighted by Gasteiger charge is 2.26. The van der Waals surface area contributed by atoms with Crippen molar-refractivity contribution in [1.82, 2.24) is 24.6 Å². The number of halogens is 1. The number of hydrogen-bond acceptors (Lipinski definition) is 5. The summed E-state index contributed by atoms with van der Waals surface area (Å²) in [6.45, 7) is 5.90. The first-order chi connectivity index (χ1) is 14.5. The summed E-state index contributed by atoms with van der Waals surface area (Å²) in [6.07, 6.45) is 8.18. The van der Waals surface area contributed by atoms with Crippen LogP contribution in [0.15, 0.2) is 42.9 Å². The zero-order valence-electron chi connectivity index (χ0n) is 17.9. The van der Waals surface area contributed by atoms with Gasteiger partial charge in [-0.1, -0.05) is 12.1 Å². The molecule has 3 heterocycles. The van der Waals surface area contributed by atoms with Crippen LogP contribution in [0.25, 0.3) is 11.1 Å². The van der Waals surface area contributed by atoms with E-state index in [9.17, 15) is 4.39 Å². The molecule has 7 heteroatoms. The summed E-state index contributed by atoms with van der Waals surface area (Å²) < 4.78 is 15.4. The molecule has 0 bridgehead atoms. The van der Waals surface area contributed by atoms with Crippen LogP contribution in [0.4, 0.5) is 10.3 Å². The van der Waals surface area contributed by atoms with Crippen LogP contribution >= 0.6 is 0 Å². The van der Waals surface area contributed by atoms with Gasteiger partial charge in [0.15, 0.2) is 0 Å². The van der Waals surface area contributed by atoms with Crippen molar-refractivity contribution < 1.29 is 4.39 Å². The summed E-state index contributed by atoms with van der Waals surface area (Å²) in [5.74, 6) is 0.779. The molecule has 0 amide bonds. The fourth-order valence-corrected chi connectivity index (χ4v) is 4.11. The van der Waals surface area contributed by atoms with Gasteiger partial charge in [0.2, 0.25) is 5.95 Å². The predicted molar refractivity (Wildman–Crippen MR) is 117 cm³/mol. The molecule has 0 radical (unpaired) electrons. The number of hydrogen-bond donors (Lipinski definition) is 0. The molecule has 1 aliphatic heterocycles. The summed E-state index contributed by atoms with van der Waals surface area (Å²) in [5, 5.41) is 4.40. The van der Waals surface area contributed by atoms with Gasteiger partial charge in [-0.15, -0.1) is 0 Å². The van der Waals surface area contributed by atoms with Crippen LogP contribution in [0.2, 0.25) is 0 Å². The van der Waals surface area contributed by atoms with E-state index in [1.165, 1.54) is 17.7 Å². The number of rotatable bonds is 6. The maximum absolute atomic E-state index is 13.5. The molecule has 30 heavy (non-hydrogen) atoms. The van der Waals surface area contributed by atoms with Crippen LogP contribution in [0, 0.1) is 5.82 Å². The Hall–Kier alpha value is -2.80. The topological polar surface area (TPSA) is 50.1 Å². The molecule has 0 N–H and O–H groups in total. The van der Waals surface area contributed by atoms with Gasteiger partial charge in [0.1, 0.15) is 5.82 Å². The summed E-state index contributed by atoms with van der Waals surface area (Å²) in [4.78, 5) is 13.9. The molecular formula is C23H29FN6. The van der Waals surface area contributed by atoms with Gasteiger partial charge in [0.25, 0.3) is 0 Å². The maximum atomic E-state index is 13.5. The van der Waals surface area contributed by atoms with Crippen molar-refractivity contribution in [3.8, 4) is 11.1 Å². The Balaban J connectivity index is 1.61. The average molecular weight is 409 g/mol. The molecule has 3 aromatic rings. The largest absolute Gasteiger partial charge is 0.347 e. The lowest BCUT2D eigenvalue weighted by atomic mass is 9.90. The highest BCUT2D eigenvalue weighted by atomic mass is 19.1. The quantitative estimate of drug-likeness (QED) is 0.618. The number of aryl methyl sites for hydroxylation is 1. The lowest BCUT2D eigenvalue weighted by molar-refractivity contribution is 0.198. The Morgan fingerprint density at radius 1 is 1.17 bits per heavy atom. The molecular weight excluding hydrogens is 379 g/mol. The first-order valence-electron chi connectivity index (χ1n) is 10.6. The van der Waals surface area contributed by atoms with E-state index in [-0.39, 0.29) is 5.82 Å². The van der Waals surface area contributed by atoms with Crippen molar-refractivity contribution in [3.63, 3.8) is 0 Å². The zero-order chi connectivity index (χ0) is 21.1. The van der Waals surface area contributed by atoms with Crippen LogP contribution in [-0.2, 0) is 13.1 Å². The van der Waals surface area contributed by atoms with Gasteiger partial charge in [0, 0.05) is 63.2 Å². The van der Waals surface area contributed by atoms with Crippen LogP contribution < -0.4 is 4.90 Å². The van der Waals surface area contributed by atoms with Crippen LogP contribution in [0.1, 0.15) is 36.9 Å². The van der Waals surface area contributed by atoms with Gasteiger partial charge in [-0.05, 0) is 44.0 Å². The van der Waals surface area contributed by atoms with Gasteiger partial charge in [-0.3, -0.25) is 9.58 Å². The van der Waals surface area contributed by atoms with Crippen molar-refractivity contribution >= 4 is 5.95 Å². The average Bonchev–Trinajstić information content (AvgIpc) is 3.21. The van der Waals surface area contributed by atoms with Crippen molar-refractivity contribution in [2.24, 2.45) is 0 Å². The van der Waals surface area contributed by atoms with E-state index < -0.39 is 0 Å². The maximum Gasteiger partial charge on any atom is 0.225 e. The molecule has 1 saturated heterocycles. The smallest absolute Gasteiger partial charge is 0.225 e. The van der Waals surface area contributed by atoms with E-state index >= 15 is 0 Å². The lowest BCUT2D eigenvalue weighted by Gasteiger charge is -2.33. The molecule has 6 nitrogen and oxygen atoms in total. The third kappa shape index (κ3) is 4.51. The highest BCUT2D eigenvalue weighted by Crippen LogP contribution is 2.34. The first-order valence-corrected chi connectivity index (χ1v) is 10.6. The molecule has 0 spiro atoms. The van der Waals surface area contributed by atoms with Crippen molar-refractivity contribution in [2.45, 2.75) is 38.8 Å². The minimum atomic E-state index is -0.234. The van der Waals surface area contributed by atoms with Gasteiger partial charge >= 0.3 is 0 Å². The summed E-state index contributed by atoms with van der Waals surface area (Å²) in [6, 6.07) is 6.62. The van der Waals surface area contributed by atoms with Gasteiger partial charge < -0.3 is 4.90 Å². The van der Waals surface area contributed by atoms with Crippen molar-refractivity contribution in [3.05, 3.63) is 59.9 Å². The number of likely N-dealkylation sites (tertiary alicyclic amines) is 1. The molecule has 1 atom stereocenters. The van der Waals surface area contributed by atoms with Gasteiger partial charge in [0.05, 0.1) is 11.9 Å². The second-order valence-electron chi connectivity index (χ2n) is 8.15. The highest BCUT2D eigenvalue weighted by molar-refractivity contribution is 5.66. The van der Waals surface area contributed by atoms with E-state index in [1.54, 1.807) is 0 Å². The summed E-state index contributed by atoms with van der Waals surface area (Å²) in [7, 11) is 3.91. The first kappa shape index (κ1) is 20.5. The fourth-order valence-electron chi connectivity index (χ4n) is 4.11. The number of anilines is 1. The molecule has 0 aliphatic carbocycles. The van der Waals surface area contributed by atoms with E-state index in [0.717, 1.165) is 55.8 Å². The fraction of sp³-hybridized carbons (Fsp3) is 0.435. The van der Waals surface area contributed by atoms with Gasteiger partial charge in [-0.25, -0.2) is 14.4 Å². The molecule has 1 fully saturated rings. The molecule has 0 unspecified atom stereocenters. The minimum Gasteiger partial charge on any atom is -0.347 e. The Kier molecular flexibility index (Phi) is 6.08. The van der Waals surface area contributed by atoms with Crippen LogP contribution in [0.5, 0.6) is 0 Å². The Labute approximate surface area is 177 Å². The summed E-state index contributed by atoms with van der Waals surface area (Å²) >= 11 is 0. The number of piperidine rings is 1. The number of benzene rings is 1. The molecule has 1 aliphatic rings. The van der Waals surface area contributed by atoms with E-state index in [4.69, 9.17) is 4.98 Å². The van der Waals surface area contributed by atoms with Crippen molar-refractivity contribution in [1.29, 1.82) is 0 Å². The molecule has 4 rings (SSSR count). The second kappa shape index (κ2) is 8.92. The SMILES string of the molecule is CCn1cc(CN2CCC[C@H](c3nc(N(C)C)ncc3-c3ccc(F)cc3)C2)cn1. The zero-order valence-corrected chi connectivity index (χ0v) is 17.9. The Morgan fingerprint density at radius 3 is 2.67 bits per heavy atom. The molecule has 2 aromatic heterocycles. The standard InChI is InChI=1S/C23H29FN6/c1-4-30-15-17(12-26-30)14-29-11-5-6-19(16-29)22-21(13-25-23(27-22)28(2)3)18-7-9-20(24)10-8-18/h7-10,12-13,15,19H,4-6,11,14,16H2,1-3H3/t19-/m0/s1. The Morgan fingerprint density at radius 2 is 1.97 bits per heavy atom. The van der Waals surface area contributed by atoms with Crippen LogP contribution in [-0.4, -0.2) is 51.8 Å². The second-order valence-corrected chi connectivity index (χ2v) is 8.15. The van der Waals surface area contributed by atoms with Gasteiger partial charge in [-0.2, -0.15) is 5.10 Å². The van der Waals surface area contributed by atoms with E-state index in [2.05, 4.69) is 28.1 Å². The third-order valence-electron chi connectivity index (χ3n) is 5.67. The number of aromatic nitrogens is 4. The monoisotopic (exact) mass is 408 g/mol. The van der Waals surface area contributed by atoms with Crippen LogP contribution in [0.3, 0.4) is 0 Å². The molecule has 158 valence electrons. The van der Waals surface area contributed by atoms with Crippen molar-refractivity contribution in [2.75, 3.05) is 32.1 Å². The predicted octanol–water partition coefficient (Wildman–Crippen LogP) is 3.94. The minimum absolute atomic E-state index is 0.234. The third-order valence-corrected chi connectivity index (χ3v) is 5.67. The molecule has 0 saturated carbocycles. The Bertz CT molecular complexity index is 982.